The van der Waals surface area contributed by atoms with Gasteiger partial charge in [0.05, 0.1) is 0 Å². The second-order valence-corrected chi connectivity index (χ2v) is 4.88. The minimum absolute atomic E-state index is 0.0480. The molecule has 1 saturated heterocycles. The molecular formula is C13H17N3O. The summed E-state index contributed by atoms with van der Waals surface area (Å²) in [6.07, 6.45) is 3.49. The highest BCUT2D eigenvalue weighted by molar-refractivity contribution is 5.94. The van der Waals surface area contributed by atoms with Crippen LogP contribution in [0.1, 0.15) is 19.3 Å². The number of amides is 1. The van der Waals surface area contributed by atoms with Gasteiger partial charge in [-0.3, -0.25) is 10.2 Å². The van der Waals surface area contributed by atoms with E-state index >= 15 is 0 Å². The fourth-order valence-electron chi connectivity index (χ4n) is 2.31. The van der Waals surface area contributed by atoms with Crippen LogP contribution < -0.4 is 16.2 Å². The van der Waals surface area contributed by atoms with Crippen LogP contribution in [0.3, 0.4) is 0 Å². The van der Waals surface area contributed by atoms with Gasteiger partial charge in [0.15, 0.2) is 0 Å². The number of rotatable bonds is 3. The van der Waals surface area contributed by atoms with Gasteiger partial charge in [-0.2, -0.15) is 0 Å². The zero-order valence-corrected chi connectivity index (χ0v) is 9.65. The van der Waals surface area contributed by atoms with Crippen LogP contribution in [0, 0.1) is 5.92 Å². The molecule has 1 heterocycles. The molecule has 0 aromatic heterocycles. The third-order valence-electron chi connectivity index (χ3n) is 3.48. The first kappa shape index (κ1) is 10.7. The summed E-state index contributed by atoms with van der Waals surface area (Å²) in [6.45, 7) is 0. The molecule has 2 atom stereocenters. The maximum Gasteiger partial charge on any atom is 0.242 e. The van der Waals surface area contributed by atoms with E-state index in [4.69, 9.17) is 0 Å². The van der Waals surface area contributed by atoms with Gasteiger partial charge in [0, 0.05) is 11.7 Å². The smallest absolute Gasteiger partial charge is 0.242 e. The lowest BCUT2D eigenvalue weighted by atomic mass is 10.1. The molecule has 1 aliphatic carbocycles. The lowest BCUT2D eigenvalue weighted by Crippen LogP contribution is -2.40. The van der Waals surface area contributed by atoms with Crippen LogP contribution in [0.4, 0.5) is 5.69 Å². The molecule has 0 spiro atoms. The topological polar surface area (TPSA) is 53.2 Å². The van der Waals surface area contributed by atoms with E-state index in [1.807, 2.05) is 30.3 Å². The lowest BCUT2D eigenvalue weighted by molar-refractivity contribution is -0.117. The van der Waals surface area contributed by atoms with Crippen molar-refractivity contribution in [1.82, 2.24) is 10.9 Å². The van der Waals surface area contributed by atoms with Crippen molar-refractivity contribution in [2.24, 2.45) is 5.92 Å². The Morgan fingerprint density at radius 1 is 1.18 bits per heavy atom. The van der Waals surface area contributed by atoms with E-state index in [1.54, 1.807) is 0 Å². The Morgan fingerprint density at radius 3 is 2.65 bits per heavy atom. The van der Waals surface area contributed by atoms with E-state index in [0.29, 0.717) is 6.04 Å². The van der Waals surface area contributed by atoms with Crippen LogP contribution >= 0.6 is 0 Å². The van der Waals surface area contributed by atoms with Crippen LogP contribution in [0.5, 0.6) is 0 Å². The molecule has 2 fully saturated rings. The molecule has 4 nitrogen and oxygen atoms in total. The van der Waals surface area contributed by atoms with Crippen LogP contribution in [0.15, 0.2) is 30.3 Å². The SMILES string of the molecule is O=C(Nc1ccccc1)C1CC(C2CC2)NN1. The Labute approximate surface area is 101 Å². The summed E-state index contributed by atoms with van der Waals surface area (Å²) in [4.78, 5) is 12.0. The number of hydrazine groups is 1. The fraction of sp³-hybridized carbons (Fsp3) is 0.462. The molecule has 4 heteroatoms. The quantitative estimate of drug-likeness (QED) is 0.734. The molecule has 1 aromatic rings. The van der Waals surface area contributed by atoms with Crippen LogP contribution in [0.25, 0.3) is 0 Å². The predicted molar refractivity (Wildman–Crippen MR) is 66.3 cm³/mol. The second-order valence-electron chi connectivity index (χ2n) is 4.88. The molecule has 0 bridgehead atoms. The summed E-state index contributed by atoms with van der Waals surface area (Å²) in [5, 5.41) is 2.92. The van der Waals surface area contributed by atoms with E-state index in [0.717, 1.165) is 18.0 Å². The largest absolute Gasteiger partial charge is 0.325 e. The zero-order chi connectivity index (χ0) is 11.7. The minimum Gasteiger partial charge on any atom is -0.325 e. The van der Waals surface area contributed by atoms with E-state index < -0.39 is 0 Å². The Hall–Kier alpha value is -1.39. The monoisotopic (exact) mass is 231 g/mol. The number of para-hydroxylation sites is 1. The highest BCUT2D eigenvalue weighted by Gasteiger charge is 2.38. The minimum atomic E-state index is -0.110. The van der Waals surface area contributed by atoms with Gasteiger partial charge in [0.2, 0.25) is 5.91 Å². The van der Waals surface area contributed by atoms with Crippen LogP contribution in [0.2, 0.25) is 0 Å². The summed E-state index contributed by atoms with van der Waals surface area (Å²) in [6, 6.07) is 9.94. The van der Waals surface area contributed by atoms with Gasteiger partial charge in [0.1, 0.15) is 6.04 Å². The maximum absolute atomic E-state index is 12.0. The van der Waals surface area contributed by atoms with Crippen LogP contribution in [-0.4, -0.2) is 18.0 Å². The summed E-state index contributed by atoms with van der Waals surface area (Å²) in [5.41, 5.74) is 7.17. The van der Waals surface area contributed by atoms with E-state index in [9.17, 15) is 4.79 Å². The Morgan fingerprint density at radius 2 is 1.94 bits per heavy atom. The van der Waals surface area contributed by atoms with Gasteiger partial charge in [-0.15, -0.1) is 0 Å². The molecule has 2 aliphatic rings. The third-order valence-corrected chi connectivity index (χ3v) is 3.48. The maximum atomic E-state index is 12.0. The zero-order valence-electron chi connectivity index (χ0n) is 9.65. The molecule has 1 aromatic carbocycles. The number of nitrogens with one attached hydrogen (secondary N) is 3. The van der Waals surface area contributed by atoms with Gasteiger partial charge in [-0.25, -0.2) is 5.43 Å². The van der Waals surface area contributed by atoms with Gasteiger partial charge in [-0.1, -0.05) is 18.2 Å². The molecule has 3 rings (SSSR count). The normalized spacial score (nSPS) is 28.0. The molecular weight excluding hydrogens is 214 g/mol. The van der Waals surface area contributed by atoms with Crippen molar-refractivity contribution in [3.8, 4) is 0 Å². The summed E-state index contributed by atoms with van der Waals surface area (Å²) in [7, 11) is 0. The number of hydrogen-bond acceptors (Lipinski definition) is 3. The van der Waals surface area contributed by atoms with Crippen LogP contribution in [-0.2, 0) is 4.79 Å². The lowest BCUT2D eigenvalue weighted by Gasteiger charge is -2.10. The predicted octanol–water partition coefficient (Wildman–Crippen LogP) is 1.27. The number of hydrogen-bond donors (Lipinski definition) is 3. The second kappa shape index (κ2) is 4.47. The van der Waals surface area contributed by atoms with Crippen molar-refractivity contribution in [2.45, 2.75) is 31.3 Å². The molecule has 2 unspecified atom stereocenters. The number of carbonyl (C=O) groups is 1. The highest BCUT2D eigenvalue weighted by atomic mass is 16.2. The first-order valence-electron chi connectivity index (χ1n) is 6.20. The van der Waals surface area contributed by atoms with Crippen molar-refractivity contribution in [2.75, 3.05) is 5.32 Å². The summed E-state index contributed by atoms with van der Waals surface area (Å²) >= 11 is 0. The standard InChI is InChI=1S/C13H17N3O/c17-13(14-10-4-2-1-3-5-10)12-8-11(15-16-12)9-6-7-9/h1-5,9,11-12,15-16H,6-8H2,(H,14,17). The number of carbonyl (C=O) groups excluding carboxylic acids is 1. The Balaban J connectivity index is 1.56. The summed E-state index contributed by atoms with van der Waals surface area (Å²) in [5.74, 6) is 0.823. The van der Waals surface area contributed by atoms with Gasteiger partial charge >= 0.3 is 0 Å². The fourth-order valence-corrected chi connectivity index (χ4v) is 2.31. The van der Waals surface area contributed by atoms with Crippen molar-refractivity contribution >= 4 is 11.6 Å². The first-order valence-corrected chi connectivity index (χ1v) is 6.20. The van der Waals surface area contributed by atoms with Gasteiger partial charge < -0.3 is 5.32 Å². The molecule has 17 heavy (non-hydrogen) atoms. The number of benzene rings is 1. The Kier molecular flexibility index (Phi) is 2.82. The molecule has 1 amide bonds. The average molecular weight is 231 g/mol. The van der Waals surface area contributed by atoms with Crippen molar-refractivity contribution in [3.05, 3.63) is 30.3 Å². The third kappa shape index (κ3) is 2.48. The van der Waals surface area contributed by atoms with Crippen molar-refractivity contribution in [1.29, 1.82) is 0 Å². The van der Waals surface area contributed by atoms with Gasteiger partial charge in [0.25, 0.3) is 0 Å². The van der Waals surface area contributed by atoms with E-state index in [-0.39, 0.29) is 11.9 Å². The van der Waals surface area contributed by atoms with Gasteiger partial charge in [-0.05, 0) is 37.3 Å². The van der Waals surface area contributed by atoms with Crippen molar-refractivity contribution < 1.29 is 4.79 Å². The highest BCUT2D eigenvalue weighted by Crippen LogP contribution is 2.35. The molecule has 3 N–H and O–H groups in total. The Bertz CT molecular complexity index is 402. The molecule has 90 valence electrons. The first-order chi connectivity index (χ1) is 8.33. The number of anilines is 1. The summed E-state index contributed by atoms with van der Waals surface area (Å²) < 4.78 is 0. The molecule has 0 radical (unpaired) electrons. The van der Waals surface area contributed by atoms with E-state index in [1.165, 1.54) is 12.8 Å². The molecule has 1 saturated carbocycles. The van der Waals surface area contributed by atoms with Crippen molar-refractivity contribution in [3.63, 3.8) is 0 Å². The molecule has 1 aliphatic heterocycles. The average Bonchev–Trinajstić information content (AvgIpc) is 3.08. The van der Waals surface area contributed by atoms with E-state index in [2.05, 4.69) is 16.2 Å².